The molecular formula is C12H22N4O. The summed E-state index contributed by atoms with van der Waals surface area (Å²) in [6.45, 7) is 6.88. The van der Waals surface area contributed by atoms with Crippen molar-refractivity contribution in [1.82, 2.24) is 15.5 Å². The number of hydrogen-bond donors (Lipinski definition) is 3. The molecule has 0 aliphatic rings. The molecule has 5 nitrogen and oxygen atoms in total. The van der Waals surface area contributed by atoms with E-state index >= 15 is 0 Å². The van der Waals surface area contributed by atoms with Crippen molar-refractivity contribution in [2.45, 2.75) is 40.0 Å². The number of aryl methyl sites for hydroxylation is 1. The highest BCUT2D eigenvalue weighted by Crippen LogP contribution is 2.11. The quantitative estimate of drug-likeness (QED) is 0.661. The fraction of sp³-hybridized carbons (Fsp3) is 0.667. The van der Waals surface area contributed by atoms with Gasteiger partial charge in [0.05, 0.1) is 0 Å². The predicted octanol–water partition coefficient (Wildman–Crippen LogP) is 1.86. The molecule has 0 aliphatic carbocycles. The van der Waals surface area contributed by atoms with E-state index in [2.05, 4.69) is 29.4 Å². The largest absolute Gasteiger partial charge is 0.382 e. The van der Waals surface area contributed by atoms with E-state index in [9.17, 15) is 4.79 Å². The maximum atomic E-state index is 11.8. The molecular weight excluding hydrogens is 216 g/mol. The Morgan fingerprint density at radius 1 is 1.47 bits per heavy atom. The minimum Gasteiger partial charge on any atom is -0.382 e. The first-order valence-electron chi connectivity index (χ1n) is 6.11. The second-order valence-electron chi connectivity index (χ2n) is 4.75. The van der Waals surface area contributed by atoms with E-state index in [0.29, 0.717) is 17.8 Å². The lowest BCUT2D eigenvalue weighted by Crippen LogP contribution is -2.25. The summed E-state index contributed by atoms with van der Waals surface area (Å²) >= 11 is 0. The van der Waals surface area contributed by atoms with Crippen LogP contribution >= 0.6 is 0 Å². The Bertz CT molecular complexity index is 351. The van der Waals surface area contributed by atoms with E-state index in [4.69, 9.17) is 5.73 Å². The standard InChI is InChI=1S/C12H22N4O/c1-8(2)6-4-5-7-14-12(17)10-9(3)15-16-11(10)13/h8H,4-7H2,1-3H3,(H,14,17)(H3,13,15,16). The van der Waals surface area contributed by atoms with E-state index in [1.165, 1.54) is 6.42 Å². The molecule has 0 aliphatic heterocycles. The Morgan fingerprint density at radius 3 is 2.71 bits per heavy atom. The maximum absolute atomic E-state index is 11.8. The maximum Gasteiger partial charge on any atom is 0.256 e. The predicted molar refractivity (Wildman–Crippen MR) is 68.8 cm³/mol. The van der Waals surface area contributed by atoms with E-state index < -0.39 is 0 Å². The van der Waals surface area contributed by atoms with Crippen molar-refractivity contribution in [2.24, 2.45) is 5.92 Å². The van der Waals surface area contributed by atoms with Gasteiger partial charge in [0.25, 0.3) is 5.91 Å². The summed E-state index contributed by atoms with van der Waals surface area (Å²) in [6.07, 6.45) is 3.33. The summed E-state index contributed by atoms with van der Waals surface area (Å²) in [5.41, 5.74) is 6.79. The Hall–Kier alpha value is -1.52. The molecule has 0 saturated heterocycles. The van der Waals surface area contributed by atoms with Crippen LogP contribution in [0.5, 0.6) is 0 Å². The van der Waals surface area contributed by atoms with Crippen LogP contribution in [-0.2, 0) is 0 Å². The Kier molecular flexibility index (Phi) is 5.00. The number of nitrogens with zero attached hydrogens (tertiary/aromatic N) is 1. The van der Waals surface area contributed by atoms with Crippen molar-refractivity contribution in [3.8, 4) is 0 Å². The second-order valence-corrected chi connectivity index (χ2v) is 4.75. The summed E-state index contributed by atoms with van der Waals surface area (Å²) in [6, 6.07) is 0. The first-order chi connectivity index (χ1) is 8.02. The second kappa shape index (κ2) is 6.27. The monoisotopic (exact) mass is 238 g/mol. The number of amides is 1. The van der Waals surface area contributed by atoms with Gasteiger partial charge in [0.1, 0.15) is 5.56 Å². The lowest BCUT2D eigenvalue weighted by molar-refractivity contribution is 0.0953. The number of nitrogens with two attached hydrogens (primary N) is 1. The number of aromatic amines is 1. The van der Waals surface area contributed by atoms with Gasteiger partial charge < -0.3 is 11.1 Å². The van der Waals surface area contributed by atoms with Crippen LogP contribution in [0.4, 0.5) is 5.82 Å². The fourth-order valence-electron chi connectivity index (χ4n) is 1.70. The number of aromatic nitrogens is 2. The molecule has 0 aromatic carbocycles. The zero-order chi connectivity index (χ0) is 12.8. The van der Waals surface area contributed by atoms with Crippen LogP contribution in [0, 0.1) is 12.8 Å². The smallest absolute Gasteiger partial charge is 0.256 e. The van der Waals surface area contributed by atoms with Gasteiger partial charge in [-0.3, -0.25) is 9.89 Å². The number of carbonyl (C=O) groups is 1. The van der Waals surface area contributed by atoms with Crippen LogP contribution in [0.1, 0.15) is 49.2 Å². The normalized spacial score (nSPS) is 10.8. The number of unbranched alkanes of at least 4 members (excludes halogenated alkanes) is 1. The van der Waals surface area contributed by atoms with Crippen LogP contribution in [0.25, 0.3) is 0 Å². The minimum atomic E-state index is -0.140. The molecule has 17 heavy (non-hydrogen) atoms. The summed E-state index contributed by atoms with van der Waals surface area (Å²) in [5.74, 6) is 0.845. The van der Waals surface area contributed by atoms with Gasteiger partial charge in [-0.25, -0.2) is 0 Å². The molecule has 0 bridgehead atoms. The van der Waals surface area contributed by atoms with Crippen LogP contribution in [0.15, 0.2) is 0 Å². The lowest BCUT2D eigenvalue weighted by Gasteiger charge is -2.06. The van der Waals surface area contributed by atoms with Crippen molar-refractivity contribution in [3.63, 3.8) is 0 Å². The van der Waals surface area contributed by atoms with Crippen LogP contribution < -0.4 is 11.1 Å². The zero-order valence-electron chi connectivity index (χ0n) is 10.8. The summed E-state index contributed by atoms with van der Waals surface area (Å²) in [4.78, 5) is 11.8. The van der Waals surface area contributed by atoms with Crippen LogP contribution in [0.3, 0.4) is 0 Å². The van der Waals surface area contributed by atoms with Gasteiger partial charge in [-0.2, -0.15) is 5.10 Å². The van der Waals surface area contributed by atoms with Crippen molar-refractivity contribution in [3.05, 3.63) is 11.3 Å². The summed E-state index contributed by atoms with van der Waals surface area (Å²) in [7, 11) is 0. The van der Waals surface area contributed by atoms with Gasteiger partial charge in [-0.05, 0) is 19.3 Å². The van der Waals surface area contributed by atoms with Gasteiger partial charge in [0.15, 0.2) is 5.82 Å². The molecule has 0 fully saturated rings. The van der Waals surface area contributed by atoms with Gasteiger partial charge in [-0.15, -0.1) is 0 Å². The molecule has 0 radical (unpaired) electrons. The molecule has 1 rings (SSSR count). The molecule has 96 valence electrons. The van der Waals surface area contributed by atoms with Gasteiger partial charge >= 0.3 is 0 Å². The molecule has 1 aromatic heterocycles. The van der Waals surface area contributed by atoms with Gasteiger partial charge in [0.2, 0.25) is 0 Å². The molecule has 1 amide bonds. The molecule has 0 atom stereocenters. The van der Waals surface area contributed by atoms with E-state index in [-0.39, 0.29) is 11.7 Å². The molecule has 0 unspecified atom stereocenters. The molecule has 5 heteroatoms. The van der Waals surface area contributed by atoms with Crippen molar-refractivity contribution in [2.75, 3.05) is 12.3 Å². The topological polar surface area (TPSA) is 83.8 Å². The van der Waals surface area contributed by atoms with Crippen molar-refractivity contribution < 1.29 is 4.79 Å². The number of rotatable bonds is 6. The minimum absolute atomic E-state index is 0.140. The molecule has 0 saturated carbocycles. The fourth-order valence-corrected chi connectivity index (χ4v) is 1.70. The number of carbonyl (C=O) groups excluding carboxylic acids is 1. The third-order valence-corrected chi connectivity index (χ3v) is 2.70. The van der Waals surface area contributed by atoms with Crippen LogP contribution in [-0.4, -0.2) is 22.6 Å². The average molecular weight is 238 g/mol. The molecule has 1 aromatic rings. The molecule has 0 spiro atoms. The first-order valence-corrected chi connectivity index (χ1v) is 6.11. The highest BCUT2D eigenvalue weighted by atomic mass is 16.1. The Labute approximate surface area is 102 Å². The SMILES string of the molecule is Cc1[nH]nc(N)c1C(=O)NCCCCC(C)C. The van der Waals surface area contributed by atoms with Crippen molar-refractivity contribution >= 4 is 11.7 Å². The molecule has 1 heterocycles. The van der Waals surface area contributed by atoms with Crippen LogP contribution in [0.2, 0.25) is 0 Å². The number of hydrogen-bond acceptors (Lipinski definition) is 3. The van der Waals surface area contributed by atoms with Crippen molar-refractivity contribution in [1.29, 1.82) is 0 Å². The number of anilines is 1. The number of nitrogens with one attached hydrogen (secondary N) is 2. The van der Waals surface area contributed by atoms with Gasteiger partial charge in [-0.1, -0.05) is 26.7 Å². The van der Waals surface area contributed by atoms with E-state index in [0.717, 1.165) is 18.8 Å². The third kappa shape index (κ3) is 4.09. The number of H-pyrrole nitrogens is 1. The first kappa shape index (κ1) is 13.5. The molecule has 4 N–H and O–H groups in total. The Balaban J connectivity index is 2.31. The average Bonchev–Trinajstić information content (AvgIpc) is 2.57. The summed E-state index contributed by atoms with van der Waals surface area (Å²) < 4.78 is 0. The number of nitrogen functional groups attached to an aromatic ring is 1. The van der Waals surface area contributed by atoms with E-state index in [1.54, 1.807) is 6.92 Å². The lowest BCUT2D eigenvalue weighted by atomic mass is 10.1. The van der Waals surface area contributed by atoms with E-state index in [1.807, 2.05) is 0 Å². The Morgan fingerprint density at radius 2 is 2.18 bits per heavy atom. The highest BCUT2D eigenvalue weighted by molar-refractivity contribution is 5.99. The zero-order valence-corrected chi connectivity index (χ0v) is 10.8. The van der Waals surface area contributed by atoms with Gasteiger partial charge in [0, 0.05) is 12.2 Å². The third-order valence-electron chi connectivity index (χ3n) is 2.70. The summed E-state index contributed by atoms with van der Waals surface area (Å²) in [5, 5.41) is 9.36. The highest BCUT2D eigenvalue weighted by Gasteiger charge is 2.15.